The van der Waals surface area contributed by atoms with Gasteiger partial charge in [-0.3, -0.25) is 0 Å². The largest absolute Gasteiger partial charge is 0.193 e. The molecule has 1 nitrogen and oxygen atoms in total. The fourth-order valence-electron chi connectivity index (χ4n) is 2.78. The molecule has 0 bridgehead atoms. The van der Waals surface area contributed by atoms with Crippen molar-refractivity contribution in [3.05, 3.63) is 58.7 Å². The maximum atomic E-state index is 8.56. The molecule has 0 amide bonds. The summed E-state index contributed by atoms with van der Waals surface area (Å²) in [4.78, 5) is 0. The number of rotatable bonds is 4. The number of hydrogen-bond donors (Lipinski definition) is 0. The van der Waals surface area contributed by atoms with E-state index in [1.54, 1.807) is 6.08 Å². The summed E-state index contributed by atoms with van der Waals surface area (Å²) in [5.74, 6) is 0. The molecule has 0 aromatic rings. The molecule has 1 aliphatic rings. The Morgan fingerprint density at radius 3 is 2.52 bits per heavy atom. The molecule has 112 valence electrons. The van der Waals surface area contributed by atoms with Crippen LogP contribution < -0.4 is 0 Å². The van der Waals surface area contributed by atoms with Crippen molar-refractivity contribution in [1.82, 2.24) is 0 Å². The predicted octanol–water partition coefficient (Wildman–Crippen LogP) is 6.04. The van der Waals surface area contributed by atoms with Gasteiger partial charge in [0.15, 0.2) is 0 Å². The van der Waals surface area contributed by atoms with E-state index in [0.717, 1.165) is 5.57 Å². The highest BCUT2D eigenvalue weighted by Crippen LogP contribution is 2.40. The fraction of sp³-hybridized carbons (Fsp3) is 0.450. The summed E-state index contributed by atoms with van der Waals surface area (Å²) >= 11 is 0. The molecule has 0 saturated carbocycles. The Morgan fingerprint density at radius 1 is 1.19 bits per heavy atom. The second-order valence-electron chi connectivity index (χ2n) is 6.55. The van der Waals surface area contributed by atoms with Gasteiger partial charge >= 0.3 is 0 Å². The van der Waals surface area contributed by atoms with Crippen LogP contribution in [-0.4, -0.2) is 0 Å². The van der Waals surface area contributed by atoms with Crippen molar-refractivity contribution in [2.45, 2.75) is 53.9 Å². The summed E-state index contributed by atoms with van der Waals surface area (Å²) in [6.07, 6.45) is 15.9. The first-order valence-electron chi connectivity index (χ1n) is 7.66. The molecule has 0 N–H and O–H groups in total. The third kappa shape index (κ3) is 5.60. The van der Waals surface area contributed by atoms with Gasteiger partial charge in [0.05, 0.1) is 6.07 Å². The highest BCUT2D eigenvalue weighted by molar-refractivity contribution is 5.37. The first-order valence-corrected chi connectivity index (χ1v) is 7.66. The summed E-state index contributed by atoms with van der Waals surface area (Å²) in [5.41, 5.74) is 5.50. The molecule has 0 aromatic carbocycles. The molecule has 0 aliphatic heterocycles. The molecule has 0 atom stereocenters. The van der Waals surface area contributed by atoms with E-state index >= 15 is 0 Å². The lowest BCUT2D eigenvalue weighted by Gasteiger charge is -2.32. The van der Waals surface area contributed by atoms with Crippen molar-refractivity contribution in [1.29, 1.82) is 5.26 Å². The number of nitrogens with zero attached hydrogens (tertiary/aromatic N) is 1. The summed E-state index contributed by atoms with van der Waals surface area (Å²) < 4.78 is 0. The molecule has 0 unspecified atom stereocenters. The standard InChI is InChI=1S/C20H27N/c1-16(8-6-9-17(2)13-15-21)11-12-19-18(3)10-7-14-20(19,4)5/h6,8-9,11-13H,7,10,14H2,1-5H3/b9-6-,12-11-,16-8+,17-13-. The molecule has 1 rings (SSSR count). The van der Waals surface area contributed by atoms with E-state index in [0.29, 0.717) is 5.41 Å². The zero-order valence-electron chi connectivity index (χ0n) is 14.0. The Kier molecular flexibility index (Phi) is 6.43. The molecule has 21 heavy (non-hydrogen) atoms. The highest BCUT2D eigenvalue weighted by atomic mass is 14.3. The quantitative estimate of drug-likeness (QED) is 0.455. The molecular weight excluding hydrogens is 254 g/mol. The van der Waals surface area contributed by atoms with Crippen LogP contribution in [0.1, 0.15) is 53.9 Å². The molecule has 0 fully saturated rings. The molecular formula is C20H27N. The minimum absolute atomic E-state index is 0.293. The Labute approximate surface area is 130 Å². The minimum Gasteiger partial charge on any atom is -0.193 e. The van der Waals surface area contributed by atoms with E-state index in [4.69, 9.17) is 5.26 Å². The lowest BCUT2D eigenvalue weighted by atomic mass is 9.72. The first-order chi connectivity index (χ1) is 9.86. The van der Waals surface area contributed by atoms with Gasteiger partial charge in [-0.15, -0.1) is 0 Å². The van der Waals surface area contributed by atoms with Gasteiger partial charge in [0.2, 0.25) is 0 Å². The van der Waals surface area contributed by atoms with Crippen molar-refractivity contribution >= 4 is 0 Å². The van der Waals surface area contributed by atoms with Gasteiger partial charge in [-0.25, -0.2) is 0 Å². The first kappa shape index (κ1) is 17.2. The smallest absolute Gasteiger partial charge is 0.0914 e. The molecule has 0 spiro atoms. The molecule has 1 aliphatic carbocycles. The van der Waals surface area contributed by atoms with Gasteiger partial charge in [-0.05, 0) is 56.6 Å². The maximum absolute atomic E-state index is 8.56. The molecule has 0 saturated heterocycles. The number of allylic oxidation sites excluding steroid dienone is 10. The maximum Gasteiger partial charge on any atom is 0.0914 e. The summed E-state index contributed by atoms with van der Waals surface area (Å²) in [7, 11) is 0. The Bertz CT molecular complexity index is 557. The average Bonchev–Trinajstić information content (AvgIpc) is 2.37. The predicted molar refractivity (Wildman–Crippen MR) is 91.7 cm³/mol. The normalized spacial score (nSPS) is 20.4. The Balaban J connectivity index is 2.80. The molecule has 1 heteroatoms. The van der Waals surface area contributed by atoms with Crippen LogP contribution in [0.25, 0.3) is 0 Å². The number of nitriles is 1. The van der Waals surface area contributed by atoms with Crippen LogP contribution >= 0.6 is 0 Å². The number of hydrogen-bond acceptors (Lipinski definition) is 1. The topological polar surface area (TPSA) is 23.8 Å². The van der Waals surface area contributed by atoms with Crippen LogP contribution in [-0.2, 0) is 0 Å². The molecule has 0 radical (unpaired) electrons. The molecule has 0 aromatic heterocycles. The lowest BCUT2D eigenvalue weighted by molar-refractivity contribution is 0.377. The van der Waals surface area contributed by atoms with Crippen LogP contribution in [0.15, 0.2) is 58.7 Å². The van der Waals surface area contributed by atoms with Crippen molar-refractivity contribution in [2.24, 2.45) is 5.41 Å². The second kappa shape index (κ2) is 7.84. The Morgan fingerprint density at radius 2 is 1.90 bits per heavy atom. The fourth-order valence-corrected chi connectivity index (χ4v) is 2.78. The second-order valence-corrected chi connectivity index (χ2v) is 6.55. The van der Waals surface area contributed by atoms with Crippen LogP contribution in [0.4, 0.5) is 0 Å². The van der Waals surface area contributed by atoms with Gasteiger partial charge in [0.25, 0.3) is 0 Å². The van der Waals surface area contributed by atoms with Crippen molar-refractivity contribution in [3.63, 3.8) is 0 Å². The lowest BCUT2D eigenvalue weighted by Crippen LogP contribution is -2.19. The zero-order chi connectivity index (χ0) is 15.9. The van der Waals surface area contributed by atoms with Crippen molar-refractivity contribution in [3.8, 4) is 6.07 Å². The highest BCUT2D eigenvalue weighted by Gasteiger charge is 2.26. The summed E-state index contributed by atoms with van der Waals surface area (Å²) in [6.45, 7) is 11.0. The van der Waals surface area contributed by atoms with Crippen LogP contribution in [0.5, 0.6) is 0 Å². The minimum atomic E-state index is 0.293. The van der Waals surface area contributed by atoms with E-state index < -0.39 is 0 Å². The summed E-state index contributed by atoms with van der Waals surface area (Å²) in [6, 6.07) is 2.03. The van der Waals surface area contributed by atoms with Gasteiger partial charge in [0, 0.05) is 6.08 Å². The van der Waals surface area contributed by atoms with Crippen LogP contribution in [0.2, 0.25) is 0 Å². The monoisotopic (exact) mass is 281 g/mol. The van der Waals surface area contributed by atoms with E-state index in [2.05, 4.69) is 45.9 Å². The average molecular weight is 281 g/mol. The van der Waals surface area contributed by atoms with E-state index in [9.17, 15) is 0 Å². The van der Waals surface area contributed by atoms with Gasteiger partial charge in [-0.1, -0.05) is 55.4 Å². The van der Waals surface area contributed by atoms with Crippen LogP contribution in [0.3, 0.4) is 0 Å². The van der Waals surface area contributed by atoms with E-state index in [-0.39, 0.29) is 0 Å². The third-order valence-corrected chi connectivity index (χ3v) is 4.07. The van der Waals surface area contributed by atoms with E-state index in [1.807, 2.05) is 25.1 Å². The third-order valence-electron chi connectivity index (χ3n) is 4.07. The Hall–Kier alpha value is -1.81. The van der Waals surface area contributed by atoms with Gasteiger partial charge in [0.1, 0.15) is 0 Å². The zero-order valence-corrected chi connectivity index (χ0v) is 14.0. The SMILES string of the molecule is CC1=C(\C=C/C(C)=C/C=C\C(C)=C/C#N)C(C)(C)CCC1. The summed E-state index contributed by atoms with van der Waals surface area (Å²) in [5, 5.41) is 8.56. The van der Waals surface area contributed by atoms with Crippen molar-refractivity contribution in [2.75, 3.05) is 0 Å². The van der Waals surface area contributed by atoms with E-state index in [1.165, 1.54) is 36.0 Å². The molecule has 0 heterocycles. The van der Waals surface area contributed by atoms with Gasteiger partial charge in [-0.2, -0.15) is 5.26 Å². The van der Waals surface area contributed by atoms with Crippen molar-refractivity contribution < 1.29 is 0 Å². The van der Waals surface area contributed by atoms with Gasteiger partial charge < -0.3 is 0 Å². The van der Waals surface area contributed by atoms with Crippen LogP contribution in [0, 0.1) is 16.7 Å².